The van der Waals surface area contributed by atoms with E-state index in [4.69, 9.17) is 8.94 Å². The van der Waals surface area contributed by atoms with Gasteiger partial charge < -0.3 is 24.7 Å². The quantitative estimate of drug-likeness (QED) is 0.531. The number of hydrogen-bond acceptors (Lipinski definition) is 5. The Morgan fingerprint density at radius 2 is 2.21 bits per heavy atom. The lowest BCUT2D eigenvalue weighted by molar-refractivity contribution is 0.0386. The van der Waals surface area contributed by atoms with Gasteiger partial charge in [-0.25, -0.2) is 4.99 Å². The van der Waals surface area contributed by atoms with E-state index in [2.05, 4.69) is 34.6 Å². The van der Waals surface area contributed by atoms with Crippen molar-refractivity contribution in [3.63, 3.8) is 0 Å². The molecule has 132 valence electrons. The van der Waals surface area contributed by atoms with Gasteiger partial charge in [-0.3, -0.25) is 0 Å². The first-order chi connectivity index (χ1) is 11.4. The molecule has 1 unspecified atom stereocenters. The van der Waals surface area contributed by atoms with Crippen LogP contribution in [0.2, 0.25) is 0 Å². The largest absolute Gasteiger partial charge is 0.466 e. The van der Waals surface area contributed by atoms with Crippen LogP contribution in [0.3, 0.4) is 0 Å². The average molecular weight is 334 g/mol. The fourth-order valence-electron chi connectivity index (χ4n) is 2.10. The van der Waals surface area contributed by atoms with Crippen molar-refractivity contribution in [2.45, 2.75) is 45.8 Å². The van der Waals surface area contributed by atoms with Crippen LogP contribution in [-0.2, 0) is 12.1 Å². The van der Waals surface area contributed by atoms with Crippen molar-refractivity contribution < 1.29 is 14.0 Å². The van der Waals surface area contributed by atoms with E-state index in [1.807, 2.05) is 13.0 Å². The van der Waals surface area contributed by atoms with Crippen LogP contribution in [0, 0.1) is 0 Å². The third kappa shape index (κ3) is 4.86. The summed E-state index contributed by atoms with van der Waals surface area (Å²) in [5, 5.41) is 20.7. The van der Waals surface area contributed by atoms with Crippen molar-refractivity contribution >= 4 is 5.96 Å². The molecule has 0 aliphatic heterocycles. The van der Waals surface area contributed by atoms with Crippen LogP contribution < -0.4 is 10.6 Å². The van der Waals surface area contributed by atoms with Crippen molar-refractivity contribution in [3.8, 4) is 0 Å². The van der Waals surface area contributed by atoms with Crippen molar-refractivity contribution in [1.29, 1.82) is 0 Å². The highest BCUT2D eigenvalue weighted by molar-refractivity contribution is 5.79. The molecule has 0 saturated heterocycles. The molecule has 0 bridgehead atoms. The number of aliphatic hydroxyl groups is 1. The lowest BCUT2D eigenvalue weighted by Crippen LogP contribution is -2.44. The van der Waals surface area contributed by atoms with Crippen LogP contribution in [0.15, 0.2) is 38.4 Å². The summed E-state index contributed by atoms with van der Waals surface area (Å²) in [7, 11) is 0. The molecule has 7 heteroatoms. The number of hydrogen-bond donors (Lipinski definition) is 3. The second-order valence-corrected chi connectivity index (χ2v) is 6.17. The maximum Gasteiger partial charge on any atom is 0.191 e. The molecule has 2 rings (SSSR count). The number of aromatic nitrogens is 1. The van der Waals surface area contributed by atoms with Crippen molar-refractivity contribution in [2.75, 3.05) is 13.1 Å². The number of rotatable bonds is 7. The van der Waals surface area contributed by atoms with Gasteiger partial charge in [-0.15, -0.1) is 0 Å². The summed E-state index contributed by atoms with van der Waals surface area (Å²) in [6.45, 7) is 9.14. The van der Waals surface area contributed by atoms with Gasteiger partial charge in [-0.2, -0.15) is 0 Å². The van der Waals surface area contributed by atoms with Gasteiger partial charge >= 0.3 is 0 Å². The summed E-state index contributed by atoms with van der Waals surface area (Å²) in [6.07, 6.45) is 1.54. The molecule has 2 aromatic heterocycles. The zero-order valence-electron chi connectivity index (χ0n) is 14.7. The maximum atomic E-state index is 10.5. The molecule has 0 aliphatic rings. The van der Waals surface area contributed by atoms with Crippen LogP contribution in [0.25, 0.3) is 0 Å². The second-order valence-electron chi connectivity index (χ2n) is 6.17. The summed E-state index contributed by atoms with van der Waals surface area (Å²) in [6, 6.07) is 5.41. The van der Waals surface area contributed by atoms with Gasteiger partial charge in [0.2, 0.25) is 0 Å². The highest BCUT2D eigenvalue weighted by Gasteiger charge is 2.26. The van der Waals surface area contributed by atoms with E-state index in [9.17, 15) is 5.11 Å². The van der Waals surface area contributed by atoms with Crippen molar-refractivity contribution in [1.82, 2.24) is 15.8 Å². The van der Waals surface area contributed by atoms with E-state index < -0.39 is 5.60 Å². The van der Waals surface area contributed by atoms with Crippen molar-refractivity contribution in [2.24, 2.45) is 4.99 Å². The first-order valence-corrected chi connectivity index (χ1v) is 8.16. The Morgan fingerprint density at radius 3 is 2.79 bits per heavy atom. The summed E-state index contributed by atoms with van der Waals surface area (Å²) in [5.41, 5.74) is -0.213. The predicted octanol–water partition coefficient (Wildman–Crippen LogP) is 2.35. The molecule has 1 atom stereocenters. The number of nitrogens with one attached hydrogen (secondary N) is 2. The average Bonchev–Trinajstić information content (AvgIpc) is 3.21. The maximum absolute atomic E-state index is 10.5. The van der Waals surface area contributed by atoms with E-state index in [-0.39, 0.29) is 6.54 Å². The Bertz CT molecular complexity index is 645. The first kappa shape index (κ1) is 18.1. The summed E-state index contributed by atoms with van der Waals surface area (Å²) >= 11 is 0. The number of guanidine groups is 1. The molecular formula is C17H26N4O3. The SMILES string of the molecule is CCNC(=NCc1cc(C(C)C)no1)NCC(C)(O)c1ccco1. The molecular weight excluding hydrogens is 308 g/mol. The lowest BCUT2D eigenvalue weighted by atomic mass is 10.0. The van der Waals surface area contributed by atoms with Gasteiger partial charge in [-0.05, 0) is 31.9 Å². The number of aliphatic imine (C=N–C) groups is 1. The number of nitrogens with zero attached hydrogens (tertiary/aromatic N) is 2. The molecule has 0 radical (unpaired) electrons. The molecule has 0 saturated carbocycles. The van der Waals surface area contributed by atoms with Gasteiger partial charge in [0, 0.05) is 12.6 Å². The van der Waals surface area contributed by atoms with E-state index >= 15 is 0 Å². The molecule has 24 heavy (non-hydrogen) atoms. The fraction of sp³-hybridized carbons (Fsp3) is 0.529. The predicted molar refractivity (Wildman–Crippen MR) is 91.7 cm³/mol. The van der Waals surface area contributed by atoms with Gasteiger partial charge in [-0.1, -0.05) is 19.0 Å². The van der Waals surface area contributed by atoms with Gasteiger partial charge in [0.1, 0.15) is 17.9 Å². The van der Waals surface area contributed by atoms with E-state index in [0.717, 1.165) is 5.69 Å². The zero-order chi connectivity index (χ0) is 17.6. The van der Waals surface area contributed by atoms with Crippen LogP contribution in [-0.4, -0.2) is 29.3 Å². The third-order valence-corrected chi connectivity index (χ3v) is 3.56. The molecule has 2 heterocycles. The monoisotopic (exact) mass is 334 g/mol. The molecule has 0 aromatic carbocycles. The minimum Gasteiger partial charge on any atom is -0.466 e. The van der Waals surface area contributed by atoms with E-state index in [1.165, 1.54) is 0 Å². The Balaban J connectivity index is 1.97. The van der Waals surface area contributed by atoms with Crippen LogP contribution in [0.5, 0.6) is 0 Å². The minimum absolute atomic E-state index is 0.264. The van der Waals surface area contributed by atoms with E-state index in [1.54, 1.807) is 25.3 Å². The third-order valence-electron chi connectivity index (χ3n) is 3.56. The van der Waals surface area contributed by atoms with Crippen molar-refractivity contribution in [3.05, 3.63) is 41.7 Å². The molecule has 0 amide bonds. The molecule has 0 fully saturated rings. The summed E-state index contributed by atoms with van der Waals surface area (Å²) < 4.78 is 10.6. The highest BCUT2D eigenvalue weighted by Crippen LogP contribution is 2.19. The van der Waals surface area contributed by atoms with Gasteiger partial charge in [0.15, 0.2) is 11.7 Å². The standard InChI is InChI=1S/C17H26N4O3/c1-5-18-16(19-10-13-9-14(12(2)3)21-24-13)20-11-17(4,22)15-7-6-8-23-15/h6-9,12,22H,5,10-11H2,1-4H3,(H2,18,19,20). The first-order valence-electron chi connectivity index (χ1n) is 8.16. The van der Waals surface area contributed by atoms with Gasteiger partial charge in [0.05, 0.1) is 18.5 Å². The topological polar surface area (TPSA) is 95.8 Å². The highest BCUT2D eigenvalue weighted by atomic mass is 16.5. The molecule has 0 spiro atoms. The summed E-state index contributed by atoms with van der Waals surface area (Å²) in [5.74, 6) is 2.12. The Kier molecular flexibility index (Phi) is 6.03. The Morgan fingerprint density at radius 1 is 1.42 bits per heavy atom. The fourth-order valence-corrected chi connectivity index (χ4v) is 2.10. The molecule has 0 aliphatic carbocycles. The number of furan rings is 1. The summed E-state index contributed by atoms with van der Waals surface area (Å²) in [4.78, 5) is 4.46. The second kappa shape index (κ2) is 8.01. The van der Waals surface area contributed by atoms with Gasteiger partial charge in [0.25, 0.3) is 0 Å². The van der Waals surface area contributed by atoms with E-state index in [0.29, 0.717) is 36.5 Å². The molecule has 7 nitrogen and oxygen atoms in total. The molecule has 2 aromatic rings. The minimum atomic E-state index is -1.13. The van der Waals surface area contributed by atoms with Crippen LogP contribution in [0.4, 0.5) is 0 Å². The van der Waals surface area contributed by atoms with Crippen LogP contribution >= 0.6 is 0 Å². The Hall–Kier alpha value is -2.28. The normalized spacial score (nSPS) is 14.7. The Labute approximate surface area is 142 Å². The lowest BCUT2D eigenvalue weighted by Gasteiger charge is -2.22. The zero-order valence-corrected chi connectivity index (χ0v) is 14.7. The van der Waals surface area contributed by atoms with Crippen LogP contribution in [0.1, 0.15) is 50.8 Å². The smallest absolute Gasteiger partial charge is 0.191 e. The molecule has 3 N–H and O–H groups in total.